The maximum absolute atomic E-state index is 12.1. The molecular weight excluding hydrogens is 318 g/mol. The van der Waals surface area contributed by atoms with Crippen LogP contribution in [0.4, 0.5) is 11.4 Å². The maximum atomic E-state index is 12.1. The Bertz CT molecular complexity index is 502. The molecule has 1 saturated heterocycles. The highest BCUT2D eigenvalue weighted by Gasteiger charge is 2.27. The van der Waals surface area contributed by atoms with Crippen molar-refractivity contribution in [1.82, 2.24) is 4.90 Å². The van der Waals surface area contributed by atoms with Crippen molar-refractivity contribution in [3.05, 3.63) is 22.7 Å². The van der Waals surface area contributed by atoms with E-state index in [1.807, 2.05) is 6.07 Å². The van der Waals surface area contributed by atoms with Crippen LogP contribution < -0.4 is 11.1 Å². The molecule has 0 radical (unpaired) electrons. The summed E-state index contributed by atoms with van der Waals surface area (Å²) in [5, 5.41) is 2.93. The van der Waals surface area contributed by atoms with Crippen LogP contribution in [0.1, 0.15) is 26.7 Å². The fraction of sp³-hybridized carbons (Fsp3) is 0.533. The molecule has 0 atom stereocenters. The molecule has 1 amide bonds. The first-order valence-corrected chi connectivity index (χ1v) is 7.72. The second-order valence-electron chi connectivity index (χ2n) is 6.27. The van der Waals surface area contributed by atoms with Crippen molar-refractivity contribution >= 4 is 33.2 Å². The highest BCUT2D eigenvalue weighted by molar-refractivity contribution is 9.10. The number of hydrogen-bond donors (Lipinski definition) is 2. The van der Waals surface area contributed by atoms with E-state index in [2.05, 4.69) is 40.0 Å². The number of halogens is 1. The number of nitrogens with two attached hydrogens (primary N) is 1. The lowest BCUT2D eigenvalue weighted by Gasteiger charge is -2.37. The molecule has 5 heteroatoms. The summed E-state index contributed by atoms with van der Waals surface area (Å²) in [4.78, 5) is 14.4. The average Bonchev–Trinajstić information content (AvgIpc) is 2.31. The predicted molar refractivity (Wildman–Crippen MR) is 86.6 cm³/mol. The van der Waals surface area contributed by atoms with Gasteiger partial charge in [-0.2, -0.15) is 0 Å². The average molecular weight is 340 g/mol. The van der Waals surface area contributed by atoms with Crippen LogP contribution in [0.15, 0.2) is 22.7 Å². The first-order chi connectivity index (χ1) is 9.35. The van der Waals surface area contributed by atoms with Gasteiger partial charge in [-0.15, -0.1) is 0 Å². The smallest absolute Gasteiger partial charge is 0.238 e. The van der Waals surface area contributed by atoms with Gasteiger partial charge >= 0.3 is 0 Å². The van der Waals surface area contributed by atoms with Crippen molar-refractivity contribution in [2.45, 2.75) is 26.7 Å². The molecule has 0 bridgehead atoms. The zero-order chi connectivity index (χ0) is 14.8. The molecule has 1 fully saturated rings. The molecular formula is C15H22BrN3O. The molecule has 2 rings (SSSR count). The Labute approximate surface area is 128 Å². The van der Waals surface area contributed by atoms with Gasteiger partial charge in [0.05, 0.1) is 12.2 Å². The van der Waals surface area contributed by atoms with E-state index in [4.69, 9.17) is 5.73 Å². The normalized spacial score (nSPS) is 18.8. The minimum Gasteiger partial charge on any atom is -0.399 e. The molecule has 0 saturated carbocycles. The van der Waals surface area contributed by atoms with Gasteiger partial charge in [-0.1, -0.05) is 13.8 Å². The number of carbonyl (C=O) groups excluding carboxylic acids is 1. The Morgan fingerprint density at radius 1 is 1.50 bits per heavy atom. The number of hydrogen-bond acceptors (Lipinski definition) is 3. The minimum absolute atomic E-state index is 0.0215. The molecule has 20 heavy (non-hydrogen) atoms. The number of rotatable bonds is 3. The summed E-state index contributed by atoms with van der Waals surface area (Å²) in [7, 11) is 0. The van der Waals surface area contributed by atoms with E-state index < -0.39 is 0 Å². The first kappa shape index (κ1) is 15.3. The van der Waals surface area contributed by atoms with Crippen LogP contribution in [0.3, 0.4) is 0 Å². The fourth-order valence-corrected chi connectivity index (χ4v) is 3.20. The van der Waals surface area contributed by atoms with Crippen LogP contribution in [0.2, 0.25) is 0 Å². The third-order valence-electron chi connectivity index (χ3n) is 3.61. The van der Waals surface area contributed by atoms with E-state index in [-0.39, 0.29) is 5.91 Å². The molecule has 1 aromatic rings. The molecule has 1 aliphatic rings. The number of nitrogens with one attached hydrogen (secondary N) is 1. The Kier molecular flexibility index (Phi) is 4.70. The molecule has 110 valence electrons. The lowest BCUT2D eigenvalue weighted by Crippen LogP contribution is -2.43. The van der Waals surface area contributed by atoms with Crippen molar-refractivity contribution in [3.63, 3.8) is 0 Å². The SMILES string of the molecule is CC1(C)CCCN(CC(=O)Nc2ccc(N)cc2Br)C1. The van der Waals surface area contributed by atoms with Gasteiger partial charge in [-0.25, -0.2) is 0 Å². The van der Waals surface area contributed by atoms with E-state index in [9.17, 15) is 4.79 Å². The van der Waals surface area contributed by atoms with Gasteiger partial charge in [0.2, 0.25) is 5.91 Å². The van der Waals surface area contributed by atoms with Crippen molar-refractivity contribution in [3.8, 4) is 0 Å². The van der Waals surface area contributed by atoms with E-state index in [0.717, 1.165) is 29.7 Å². The molecule has 4 nitrogen and oxygen atoms in total. The number of amides is 1. The van der Waals surface area contributed by atoms with Crippen molar-refractivity contribution in [2.75, 3.05) is 30.7 Å². The Balaban J connectivity index is 1.92. The Morgan fingerprint density at radius 3 is 2.90 bits per heavy atom. The van der Waals surface area contributed by atoms with E-state index >= 15 is 0 Å². The number of benzene rings is 1. The van der Waals surface area contributed by atoms with E-state index in [1.165, 1.54) is 6.42 Å². The number of carbonyl (C=O) groups is 1. The Hall–Kier alpha value is -1.07. The van der Waals surface area contributed by atoms with Gasteiger partial charge in [-0.3, -0.25) is 9.69 Å². The van der Waals surface area contributed by atoms with Crippen molar-refractivity contribution in [2.24, 2.45) is 5.41 Å². The third-order valence-corrected chi connectivity index (χ3v) is 4.27. The molecule has 0 spiro atoms. The summed E-state index contributed by atoms with van der Waals surface area (Å²) in [5.41, 5.74) is 7.43. The quantitative estimate of drug-likeness (QED) is 0.832. The van der Waals surface area contributed by atoms with Gasteiger partial charge in [0.25, 0.3) is 0 Å². The number of piperidine rings is 1. The van der Waals surface area contributed by atoms with E-state index in [0.29, 0.717) is 17.6 Å². The fourth-order valence-electron chi connectivity index (χ4n) is 2.71. The number of nitrogens with zero attached hydrogens (tertiary/aromatic N) is 1. The molecule has 1 aromatic carbocycles. The molecule has 1 aliphatic heterocycles. The summed E-state index contributed by atoms with van der Waals surface area (Å²) in [6, 6.07) is 5.39. The van der Waals surface area contributed by atoms with Crippen LogP contribution in [-0.2, 0) is 4.79 Å². The van der Waals surface area contributed by atoms with Gasteiger partial charge in [0, 0.05) is 16.7 Å². The number of anilines is 2. The largest absolute Gasteiger partial charge is 0.399 e. The molecule has 0 aromatic heterocycles. The summed E-state index contributed by atoms with van der Waals surface area (Å²) >= 11 is 3.41. The summed E-state index contributed by atoms with van der Waals surface area (Å²) in [6.07, 6.45) is 2.39. The van der Waals surface area contributed by atoms with Gasteiger partial charge in [0.1, 0.15) is 0 Å². The molecule has 3 N–H and O–H groups in total. The highest BCUT2D eigenvalue weighted by Crippen LogP contribution is 2.28. The summed E-state index contributed by atoms with van der Waals surface area (Å²) < 4.78 is 0.810. The van der Waals surface area contributed by atoms with Crippen molar-refractivity contribution in [1.29, 1.82) is 0 Å². The minimum atomic E-state index is 0.0215. The lowest BCUT2D eigenvalue weighted by atomic mass is 9.84. The van der Waals surface area contributed by atoms with Crippen LogP contribution in [0.25, 0.3) is 0 Å². The predicted octanol–water partition coefficient (Wildman–Crippen LogP) is 3.09. The van der Waals surface area contributed by atoms with Crippen molar-refractivity contribution < 1.29 is 4.79 Å². The van der Waals surface area contributed by atoms with Gasteiger partial charge in [0.15, 0.2) is 0 Å². The van der Waals surface area contributed by atoms with Gasteiger partial charge in [-0.05, 0) is 58.9 Å². The van der Waals surface area contributed by atoms with E-state index in [1.54, 1.807) is 12.1 Å². The topological polar surface area (TPSA) is 58.4 Å². The van der Waals surface area contributed by atoms with Crippen LogP contribution in [-0.4, -0.2) is 30.4 Å². The second kappa shape index (κ2) is 6.14. The molecule has 0 aliphatic carbocycles. The lowest BCUT2D eigenvalue weighted by molar-refractivity contribution is -0.118. The van der Waals surface area contributed by atoms with Crippen LogP contribution >= 0.6 is 15.9 Å². The summed E-state index contributed by atoms with van der Waals surface area (Å²) in [5.74, 6) is 0.0215. The maximum Gasteiger partial charge on any atom is 0.238 e. The zero-order valence-corrected chi connectivity index (χ0v) is 13.7. The monoisotopic (exact) mass is 339 g/mol. The number of nitrogen functional groups attached to an aromatic ring is 1. The second-order valence-corrected chi connectivity index (χ2v) is 7.12. The number of likely N-dealkylation sites (tertiary alicyclic amines) is 1. The molecule has 1 heterocycles. The standard InChI is InChI=1S/C15H22BrN3O/c1-15(2)6-3-7-19(10-15)9-14(20)18-13-5-4-11(17)8-12(13)16/h4-5,8H,3,6-7,9-10,17H2,1-2H3,(H,18,20). The van der Waals surface area contributed by atoms with Crippen LogP contribution in [0.5, 0.6) is 0 Å². The first-order valence-electron chi connectivity index (χ1n) is 6.93. The van der Waals surface area contributed by atoms with Gasteiger partial charge < -0.3 is 11.1 Å². The van der Waals surface area contributed by atoms with Crippen LogP contribution in [0, 0.1) is 5.41 Å². The zero-order valence-electron chi connectivity index (χ0n) is 12.1. The third kappa shape index (κ3) is 4.21. The highest BCUT2D eigenvalue weighted by atomic mass is 79.9. The summed E-state index contributed by atoms with van der Waals surface area (Å²) in [6.45, 7) is 6.94. The molecule has 0 unspecified atom stereocenters. The Morgan fingerprint density at radius 2 is 2.25 bits per heavy atom.